The number of anilines is 1. The van der Waals surface area contributed by atoms with Crippen molar-refractivity contribution in [2.75, 3.05) is 18.4 Å². The minimum atomic E-state index is -0.239. The number of hydrogen-bond donors (Lipinski definition) is 2. The van der Waals surface area contributed by atoms with Gasteiger partial charge in [-0.3, -0.25) is 14.7 Å². The molecule has 1 aliphatic heterocycles. The zero-order valence-electron chi connectivity index (χ0n) is 16.1. The fraction of sp³-hybridized carbons (Fsp3) is 0.350. The maximum absolute atomic E-state index is 12.7. The molecule has 1 unspecified atom stereocenters. The molecule has 9 nitrogen and oxygen atoms in total. The van der Waals surface area contributed by atoms with Crippen LogP contribution in [-0.4, -0.2) is 50.3 Å². The number of carbonyl (C=O) groups is 2. The molecule has 2 aromatic heterocycles. The summed E-state index contributed by atoms with van der Waals surface area (Å²) in [5, 5.41) is 17.3. The average molecular weight is 394 g/mol. The summed E-state index contributed by atoms with van der Waals surface area (Å²) in [7, 11) is 0. The van der Waals surface area contributed by atoms with Crippen LogP contribution in [0.15, 0.2) is 41.2 Å². The van der Waals surface area contributed by atoms with Crippen molar-refractivity contribution in [3.8, 4) is 11.3 Å². The van der Waals surface area contributed by atoms with E-state index < -0.39 is 0 Å². The molecule has 9 heteroatoms. The molecular weight excluding hydrogens is 372 g/mol. The molecule has 0 bridgehead atoms. The van der Waals surface area contributed by atoms with E-state index in [2.05, 4.69) is 30.5 Å². The Morgan fingerprint density at radius 3 is 2.76 bits per heavy atom. The summed E-state index contributed by atoms with van der Waals surface area (Å²) >= 11 is 0. The Hall–Kier alpha value is -3.49. The van der Waals surface area contributed by atoms with Crippen molar-refractivity contribution < 1.29 is 14.2 Å². The highest BCUT2D eigenvalue weighted by molar-refractivity contribution is 5.93. The lowest BCUT2D eigenvalue weighted by Crippen LogP contribution is -2.44. The number of benzene rings is 1. The predicted octanol–water partition coefficient (Wildman–Crippen LogP) is 2.19. The van der Waals surface area contributed by atoms with Gasteiger partial charge >= 0.3 is 0 Å². The molecule has 1 aromatic carbocycles. The van der Waals surface area contributed by atoms with E-state index in [1.165, 1.54) is 0 Å². The van der Waals surface area contributed by atoms with Gasteiger partial charge in [-0.05, 0) is 43.5 Å². The van der Waals surface area contributed by atoms with Gasteiger partial charge in [-0.2, -0.15) is 5.10 Å². The van der Waals surface area contributed by atoms with Crippen molar-refractivity contribution in [2.45, 2.75) is 26.2 Å². The Balaban J connectivity index is 1.35. The molecule has 29 heavy (non-hydrogen) atoms. The van der Waals surface area contributed by atoms with Crippen LogP contribution in [0.5, 0.6) is 0 Å². The minimum absolute atomic E-state index is 0.0646. The Bertz CT molecular complexity index is 980. The molecule has 0 radical (unpaired) electrons. The van der Waals surface area contributed by atoms with E-state index in [1.807, 2.05) is 30.3 Å². The van der Waals surface area contributed by atoms with Gasteiger partial charge in [0.2, 0.25) is 11.8 Å². The molecule has 1 fully saturated rings. The van der Waals surface area contributed by atoms with Crippen molar-refractivity contribution in [1.82, 2.24) is 25.4 Å². The first-order valence-electron chi connectivity index (χ1n) is 9.56. The lowest BCUT2D eigenvalue weighted by molar-refractivity contribution is -0.134. The van der Waals surface area contributed by atoms with Gasteiger partial charge in [-0.25, -0.2) is 4.63 Å². The van der Waals surface area contributed by atoms with Crippen LogP contribution in [0.4, 0.5) is 5.69 Å². The van der Waals surface area contributed by atoms with Gasteiger partial charge in [0.05, 0.1) is 18.0 Å². The van der Waals surface area contributed by atoms with Gasteiger partial charge in [0, 0.05) is 25.0 Å². The SMILES string of the molecule is Cc1nonc1CC(=O)N1CCCC(C(=O)Nc2ccc(-c3ccn[nH]3)cc2)C1. The first-order valence-corrected chi connectivity index (χ1v) is 9.56. The highest BCUT2D eigenvalue weighted by Gasteiger charge is 2.29. The maximum atomic E-state index is 12.7. The van der Waals surface area contributed by atoms with Crippen LogP contribution in [-0.2, 0) is 16.0 Å². The number of H-pyrrole nitrogens is 1. The number of hydrogen-bond acceptors (Lipinski definition) is 6. The Morgan fingerprint density at radius 1 is 1.24 bits per heavy atom. The summed E-state index contributed by atoms with van der Waals surface area (Å²) in [6.45, 7) is 2.80. The summed E-state index contributed by atoms with van der Waals surface area (Å²) in [5.41, 5.74) is 3.79. The largest absolute Gasteiger partial charge is 0.342 e. The van der Waals surface area contributed by atoms with Gasteiger partial charge in [0.15, 0.2) is 0 Å². The highest BCUT2D eigenvalue weighted by Crippen LogP contribution is 2.22. The third-order valence-corrected chi connectivity index (χ3v) is 5.17. The van der Waals surface area contributed by atoms with Gasteiger partial charge in [0.1, 0.15) is 11.4 Å². The van der Waals surface area contributed by atoms with Crippen LogP contribution in [0.2, 0.25) is 0 Å². The number of aromatic nitrogens is 4. The van der Waals surface area contributed by atoms with Crippen LogP contribution < -0.4 is 5.32 Å². The monoisotopic (exact) mass is 394 g/mol. The molecule has 1 atom stereocenters. The average Bonchev–Trinajstić information content (AvgIpc) is 3.41. The number of nitrogens with one attached hydrogen (secondary N) is 2. The predicted molar refractivity (Wildman–Crippen MR) is 105 cm³/mol. The lowest BCUT2D eigenvalue weighted by Gasteiger charge is -2.32. The molecule has 0 spiro atoms. The lowest BCUT2D eigenvalue weighted by atomic mass is 9.96. The molecule has 3 heterocycles. The molecule has 4 rings (SSSR count). The molecule has 1 aliphatic rings. The van der Waals surface area contributed by atoms with Crippen molar-refractivity contribution >= 4 is 17.5 Å². The van der Waals surface area contributed by atoms with E-state index in [0.717, 1.165) is 29.8 Å². The maximum Gasteiger partial charge on any atom is 0.229 e. The van der Waals surface area contributed by atoms with E-state index >= 15 is 0 Å². The summed E-state index contributed by atoms with van der Waals surface area (Å²) in [6.07, 6.45) is 3.38. The van der Waals surface area contributed by atoms with Gasteiger partial charge in [0.25, 0.3) is 0 Å². The van der Waals surface area contributed by atoms with E-state index in [4.69, 9.17) is 0 Å². The van der Waals surface area contributed by atoms with Crippen molar-refractivity contribution in [1.29, 1.82) is 0 Å². The fourth-order valence-electron chi connectivity index (χ4n) is 3.48. The third-order valence-electron chi connectivity index (χ3n) is 5.17. The molecule has 150 valence electrons. The number of amides is 2. The third kappa shape index (κ3) is 4.34. The molecule has 2 amide bonds. The standard InChI is InChI=1S/C20H22N6O3/c1-13-18(25-29-24-13)11-19(27)26-10-2-3-15(12-26)20(28)22-16-6-4-14(5-7-16)17-8-9-21-23-17/h4-9,15H,2-3,10-12H2,1H3,(H,21,23)(H,22,28). The zero-order chi connectivity index (χ0) is 20.2. The van der Waals surface area contributed by atoms with E-state index in [-0.39, 0.29) is 24.2 Å². The van der Waals surface area contributed by atoms with Crippen LogP contribution in [0.25, 0.3) is 11.3 Å². The van der Waals surface area contributed by atoms with Crippen molar-refractivity contribution in [3.05, 3.63) is 47.9 Å². The Morgan fingerprint density at radius 2 is 2.07 bits per heavy atom. The summed E-state index contributed by atoms with van der Waals surface area (Å²) in [5.74, 6) is -0.377. The number of aryl methyl sites for hydroxylation is 1. The minimum Gasteiger partial charge on any atom is -0.342 e. The van der Waals surface area contributed by atoms with Gasteiger partial charge in [-0.15, -0.1) is 0 Å². The van der Waals surface area contributed by atoms with Crippen LogP contribution >= 0.6 is 0 Å². The number of rotatable bonds is 5. The number of carbonyl (C=O) groups excluding carboxylic acids is 2. The van der Waals surface area contributed by atoms with E-state index in [1.54, 1.807) is 18.0 Å². The van der Waals surface area contributed by atoms with Crippen molar-refractivity contribution in [3.63, 3.8) is 0 Å². The first-order chi connectivity index (χ1) is 14.1. The normalized spacial score (nSPS) is 16.6. The van der Waals surface area contributed by atoms with Crippen LogP contribution in [0.3, 0.4) is 0 Å². The topological polar surface area (TPSA) is 117 Å². The number of aromatic amines is 1. The number of likely N-dealkylation sites (tertiary alicyclic amines) is 1. The highest BCUT2D eigenvalue weighted by atomic mass is 16.6. The second-order valence-electron chi connectivity index (χ2n) is 7.19. The smallest absolute Gasteiger partial charge is 0.229 e. The second-order valence-corrected chi connectivity index (χ2v) is 7.19. The molecule has 1 saturated heterocycles. The molecule has 3 aromatic rings. The number of nitrogens with zero attached hydrogens (tertiary/aromatic N) is 4. The first kappa shape index (κ1) is 18.9. The Labute approximate surface area is 167 Å². The summed E-state index contributed by atoms with van der Waals surface area (Å²) in [4.78, 5) is 27.0. The quantitative estimate of drug-likeness (QED) is 0.685. The van der Waals surface area contributed by atoms with Crippen LogP contribution in [0.1, 0.15) is 24.2 Å². The molecule has 0 saturated carbocycles. The second kappa shape index (κ2) is 8.26. The zero-order valence-corrected chi connectivity index (χ0v) is 16.1. The molecular formula is C20H22N6O3. The Kier molecular flexibility index (Phi) is 5.37. The summed E-state index contributed by atoms with van der Waals surface area (Å²) < 4.78 is 4.65. The number of piperidine rings is 1. The fourth-order valence-corrected chi connectivity index (χ4v) is 3.48. The van der Waals surface area contributed by atoms with Crippen LogP contribution in [0, 0.1) is 12.8 Å². The van der Waals surface area contributed by atoms with E-state index in [0.29, 0.717) is 24.5 Å². The molecule has 2 N–H and O–H groups in total. The molecule has 0 aliphatic carbocycles. The van der Waals surface area contributed by atoms with Gasteiger partial charge in [-0.1, -0.05) is 22.4 Å². The van der Waals surface area contributed by atoms with Gasteiger partial charge < -0.3 is 10.2 Å². The summed E-state index contributed by atoms with van der Waals surface area (Å²) in [6, 6.07) is 9.46. The van der Waals surface area contributed by atoms with E-state index in [9.17, 15) is 9.59 Å². The van der Waals surface area contributed by atoms with Crippen molar-refractivity contribution in [2.24, 2.45) is 5.92 Å².